The number of ether oxygens (including phenoxy) is 1. The Morgan fingerprint density at radius 2 is 1.85 bits per heavy atom. The molecule has 0 aromatic carbocycles. The minimum atomic E-state index is -0.214. The first-order chi connectivity index (χ1) is 12.6. The fraction of sp³-hybridized carbons (Fsp3) is 0.684. The van der Waals surface area contributed by atoms with E-state index in [-0.39, 0.29) is 5.97 Å². The van der Waals surface area contributed by atoms with Gasteiger partial charge >= 0.3 is 5.97 Å². The maximum absolute atomic E-state index is 12.7. The molecule has 0 unspecified atom stereocenters. The van der Waals surface area contributed by atoms with Gasteiger partial charge in [0.1, 0.15) is 5.00 Å². The van der Waals surface area contributed by atoms with Gasteiger partial charge < -0.3 is 19.9 Å². The highest BCUT2D eigenvalue weighted by atomic mass is 32.1. The second-order valence-electron chi connectivity index (χ2n) is 7.06. The van der Waals surface area contributed by atoms with Crippen LogP contribution in [0.3, 0.4) is 0 Å². The summed E-state index contributed by atoms with van der Waals surface area (Å²) in [5.41, 5.74) is 1.92. The van der Waals surface area contributed by atoms with Crippen molar-refractivity contribution in [2.75, 3.05) is 45.2 Å². The molecule has 0 atom stereocenters. The predicted molar refractivity (Wildman–Crippen MR) is 111 cm³/mol. The van der Waals surface area contributed by atoms with Crippen molar-refractivity contribution >= 4 is 39.6 Å². The number of hydrogen-bond donors (Lipinski definition) is 1. The molecule has 1 fully saturated rings. The zero-order chi connectivity index (χ0) is 18.5. The van der Waals surface area contributed by atoms with E-state index in [1.807, 2.05) is 6.92 Å². The molecule has 1 saturated heterocycles. The van der Waals surface area contributed by atoms with Gasteiger partial charge in [-0.25, -0.2) is 4.79 Å². The lowest BCUT2D eigenvalue weighted by atomic mass is 9.96. The summed E-state index contributed by atoms with van der Waals surface area (Å²) in [6.07, 6.45) is 6.85. The standard InChI is InChI=1S/C19H29N3O2S2/c1-3-24-18(23)16-14-8-6-4-5-7-9-15(14)26-17(16)20-19(25)22-12-10-21(2)11-13-22/h3-13H2,1-2H3,(H,20,25). The first-order valence-electron chi connectivity index (χ1n) is 9.66. The Kier molecular flexibility index (Phi) is 6.89. The van der Waals surface area contributed by atoms with Crippen LogP contribution in [-0.2, 0) is 17.6 Å². The van der Waals surface area contributed by atoms with E-state index in [1.54, 1.807) is 11.3 Å². The fourth-order valence-corrected chi connectivity index (χ4v) is 5.24. The molecule has 7 heteroatoms. The Balaban J connectivity index is 1.83. The van der Waals surface area contributed by atoms with Gasteiger partial charge in [0.15, 0.2) is 5.11 Å². The second kappa shape index (κ2) is 9.15. The molecule has 1 aliphatic carbocycles. The summed E-state index contributed by atoms with van der Waals surface area (Å²) in [5, 5.41) is 4.98. The summed E-state index contributed by atoms with van der Waals surface area (Å²) in [6, 6.07) is 0. The number of nitrogens with one attached hydrogen (secondary N) is 1. The maximum atomic E-state index is 12.7. The van der Waals surface area contributed by atoms with Crippen LogP contribution in [0.5, 0.6) is 0 Å². The highest BCUT2D eigenvalue weighted by Crippen LogP contribution is 2.37. The lowest BCUT2D eigenvalue weighted by Crippen LogP contribution is -2.48. The molecule has 0 radical (unpaired) electrons. The van der Waals surface area contributed by atoms with E-state index < -0.39 is 0 Å². The molecule has 1 aliphatic heterocycles. The number of thiophene rings is 1. The smallest absolute Gasteiger partial charge is 0.341 e. The summed E-state index contributed by atoms with van der Waals surface area (Å²) in [5.74, 6) is -0.214. The number of fused-ring (bicyclic) bond motifs is 1. The summed E-state index contributed by atoms with van der Waals surface area (Å²) in [7, 11) is 2.13. The van der Waals surface area contributed by atoms with Crippen LogP contribution in [0.15, 0.2) is 0 Å². The number of anilines is 1. The van der Waals surface area contributed by atoms with Crippen LogP contribution in [-0.4, -0.2) is 60.7 Å². The number of likely N-dealkylation sites (N-methyl/N-ethyl adjacent to an activating group) is 1. The number of piperazine rings is 1. The van der Waals surface area contributed by atoms with Crippen molar-refractivity contribution in [3.05, 3.63) is 16.0 Å². The van der Waals surface area contributed by atoms with Gasteiger partial charge in [-0.05, 0) is 57.4 Å². The Morgan fingerprint density at radius 3 is 2.54 bits per heavy atom. The van der Waals surface area contributed by atoms with Crippen molar-refractivity contribution in [1.82, 2.24) is 9.80 Å². The molecule has 0 bridgehead atoms. The van der Waals surface area contributed by atoms with Gasteiger partial charge in [-0.3, -0.25) is 0 Å². The minimum absolute atomic E-state index is 0.214. The summed E-state index contributed by atoms with van der Waals surface area (Å²) in [4.78, 5) is 18.5. The van der Waals surface area contributed by atoms with Gasteiger partial charge in [0, 0.05) is 31.1 Å². The number of carbonyl (C=O) groups is 1. The normalized spacial score (nSPS) is 18.6. The van der Waals surface area contributed by atoms with Crippen molar-refractivity contribution in [2.24, 2.45) is 0 Å². The molecule has 3 rings (SSSR count). The molecule has 2 heterocycles. The molecule has 0 amide bonds. The van der Waals surface area contributed by atoms with Gasteiger partial charge in [0.2, 0.25) is 0 Å². The number of rotatable bonds is 3. The molecule has 2 aliphatic rings. The van der Waals surface area contributed by atoms with Gasteiger partial charge in [-0.15, -0.1) is 11.3 Å². The molecule has 5 nitrogen and oxygen atoms in total. The molecule has 144 valence electrons. The minimum Gasteiger partial charge on any atom is -0.462 e. The highest BCUT2D eigenvalue weighted by molar-refractivity contribution is 7.80. The summed E-state index contributed by atoms with van der Waals surface area (Å²) in [6.45, 7) is 6.10. The first-order valence-corrected chi connectivity index (χ1v) is 10.9. The van der Waals surface area contributed by atoms with Gasteiger partial charge in [0.05, 0.1) is 12.2 Å². The third kappa shape index (κ3) is 4.56. The average Bonchev–Trinajstić information content (AvgIpc) is 2.92. The Hall–Kier alpha value is -1.18. The average molecular weight is 396 g/mol. The molecule has 1 aromatic heterocycles. The van der Waals surface area contributed by atoms with Crippen molar-refractivity contribution in [2.45, 2.75) is 45.4 Å². The number of esters is 1. The zero-order valence-corrected chi connectivity index (χ0v) is 17.4. The van der Waals surface area contributed by atoms with Crippen molar-refractivity contribution in [1.29, 1.82) is 0 Å². The topological polar surface area (TPSA) is 44.8 Å². The predicted octanol–water partition coefficient (Wildman–Crippen LogP) is 3.53. The lowest BCUT2D eigenvalue weighted by Gasteiger charge is -2.34. The maximum Gasteiger partial charge on any atom is 0.341 e. The lowest BCUT2D eigenvalue weighted by molar-refractivity contribution is 0.0526. The highest BCUT2D eigenvalue weighted by Gasteiger charge is 2.27. The monoisotopic (exact) mass is 395 g/mol. The zero-order valence-electron chi connectivity index (χ0n) is 15.8. The van der Waals surface area contributed by atoms with Gasteiger partial charge in [-0.2, -0.15) is 0 Å². The Morgan fingerprint density at radius 1 is 1.15 bits per heavy atom. The molecule has 1 aromatic rings. The Bertz CT molecular complexity index is 651. The number of thiocarbonyl (C=S) groups is 1. The SMILES string of the molecule is CCOC(=O)c1c(NC(=S)N2CCN(C)CC2)sc2c1CCCCCC2. The van der Waals surface area contributed by atoms with E-state index in [2.05, 4.69) is 22.2 Å². The van der Waals surface area contributed by atoms with E-state index in [0.717, 1.165) is 61.1 Å². The van der Waals surface area contributed by atoms with Crippen LogP contribution in [0, 0.1) is 0 Å². The third-order valence-electron chi connectivity index (χ3n) is 5.16. The van der Waals surface area contributed by atoms with Crippen molar-refractivity contribution in [3.8, 4) is 0 Å². The molecule has 1 N–H and O–H groups in total. The van der Waals surface area contributed by atoms with Crippen LogP contribution < -0.4 is 5.32 Å². The number of nitrogens with zero attached hydrogens (tertiary/aromatic N) is 2. The van der Waals surface area contributed by atoms with Crippen molar-refractivity contribution < 1.29 is 9.53 Å². The second-order valence-corrected chi connectivity index (χ2v) is 8.55. The molecule has 0 spiro atoms. The quantitative estimate of drug-likeness (QED) is 0.624. The fourth-order valence-electron chi connectivity index (χ4n) is 3.61. The van der Waals surface area contributed by atoms with Crippen LogP contribution in [0.4, 0.5) is 5.00 Å². The van der Waals surface area contributed by atoms with E-state index in [1.165, 1.54) is 29.7 Å². The molecule has 0 saturated carbocycles. The Labute approximate surface area is 165 Å². The van der Waals surface area contributed by atoms with Gasteiger partial charge in [0.25, 0.3) is 0 Å². The number of carbonyl (C=O) groups excluding carboxylic acids is 1. The summed E-state index contributed by atoms with van der Waals surface area (Å²) < 4.78 is 5.37. The number of hydrogen-bond acceptors (Lipinski definition) is 5. The van der Waals surface area contributed by atoms with Crippen LogP contribution >= 0.6 is 23.6 Å². The largest absolute Gasteiger partial charge is 0.462 e. The molecular formula is C19H29N3O2S2. The summed E-state index contributed by atoms with van der Waals surface area (Å²) >= 11 is 7.35. The third-order valence-corrected chi connectivity index (χ3v) is 6.73. The van der Waals surface area contributed by atoms with E-state index >= 15 is 0 Å². The molecular weight excluding hydrogens is 366 g/mol. The van der Waals surface area contributed by atoms with E-state index in [0.29, 0.717) is 6.61 Å². The van der Waals surface area contributed by atoms with Crippen molar-refractivity contribution in [3.63, 3.8) is 0 Å². The van der Waals surface area contributed by atoms with Gasteiger partial charge in [-0.1, -0.05) is 12.8 Å². The van der Waals surface area contributed by atoms with Crippen LogP contribution in [0.1, 0.15) is 53.4 Å². The van der Waals surface area contributed by atoms with Crippen LogP contribution in [0.2, 0.25) is 0 Å². The molecule has 26 heavy (non-hydrogen) atoms. The van der Waals surface area contributed by atoms with E-state index in [4.69, 9.17) is 17.0 Å². The van der Waals surface area contributed by atoms with E-state index in [9.17, 15) is 4.79 Å². The first kappa shape index (κ1) is 19.6. The van der Waals surface area contributed by atoms with Crippen LogP contribution in [0.25, 0.3) is 0 Å². The number of aryl methyl sites for hydroxylation is 1.